The smallest absolute Gasteiger partial charge is 0.161 e. The van der Waals surface area contributed by atoms with Crippen LogP contribution in [0.25, 0.3) is 0 Å². The van der Waals surface area contributed by atoms with Crippen LogP contribution in [0, 0.1) is 6.92 Å². The van der Waals surface area contributed by atoms with E-state index in [1.54, 1.807) is 18.4 Å². The molecule has 0 spiro atoms. The number of benzene rings is 1. The number of hydrogen-bond acceptors (Lipinski definition) is 5. The normalized spacial score (nSPS) is 12.0. The number of hydrogen-bond donors (Lipinski definition) is 1. The van der Waals surface area contributed by atoms with Crippen LogP contribution < -0.4 is 14.8 Å². The molecule has 0 unspecified atom stereocenters. The summed E-state index contributed by atoms with van der Waals surface area (Å²) in [7, 11) is 1.66. The summed E-state index contributed by atoms with van der Waals surface area (Å²) in [5.41, 5.74) is 4.71. The van der Waals surface area contributed by atoms with Gasteiger partial charge in [-0.05, 0) is 72.0 Å². The molecule has 0 fully saturated rings. The minimum Gasteiger partial charge on any atom is -0.493 e. The molecule has 142 valence electrons. The number of rotatable bonds is 9. The van der Waals surface area contributed by atoms with Crippen molar-refractivity contribution in [2.75, 3.05) is 13.7 Å². The molecule has 0 saturated heterocycles. The molecule has 0 aliphatic carbocycles. The maximum atomic E-state index is 5.69. The van der Waals surface area contributed by atoms with Gasteiger partial charge in [-0.15, -0.1) is 0 Å². The molecule has 3 rings (SSSR count). The molecule has 5 heteroatoms. The van der Waals surface area contributed by atoms with Gasteiger partial charge in [0, 0.05) is 12.7 Å². The number of aromatic nitrogens is 1. The molecule has 0 aliphatic heterocycles. The van der Waals surface area contributed by atoms with Crippen molar-refractivity contribution in [1.82, 2.24) is 10.3 Å². The monoisotopic (exact) mass is 382 g/mol. The molecular formula is C22H26N2O2S. The lowest BCUT2D eigenvalue weighted by Crippen LogP contribution is -2.23. The van der Waals surface area contributed by atoms with Crippen molar-refractivity contribution in [3.63, 3.8) is 0 Å². The maximum absolute atomic E-state index is 5.69. The zero-order valence-electron chi connectivity index (χ0n) is 16.1. The number of nitrogens with one attached hydrogen (secondary N) is 1. The molecule has 2 aromatic heterocycles. The SMILES string of the molecule is CCOc1cc(CN[C@H](Cc2ccsc2)c2ccc(C)cn2)ccc1OC. The van der Waals surface area contributed by atoms with Crippen LogP contribution in [0.5, 0.6) is 11.5 Å². The topological polar surface area (TPSA) is 43.4 Å². The largest absolute Gasteiger partial charge is 0.493 e. The Morgan fingerprint density at radius 1 is 1.11 bits per heavy atom. The van der Waals surface area contributed by atoms with Gasteiger partial charge in [0.15, 0.2) is 11.5 Å². The lowest BCUT2D eigenvalue weighted by Gasteiger charge is -2.19. The summed E-state index contributed by atoms with van der Waals surface area (Å²) in [6.45, 7) is 5.38. The Kier molecular flexibility index (Phi) is 6.85. The van der Waals surface area contributed by atoms with Crippen LogP contribution in [-0.4, -0.2) is 18.7 Å². The number of pyridine rings is 1. The molecule has 4 nitrogen and oxygen atoms in total. The Balaban J connectivity index is 1.76. The number of aryl methyl sites for hydroxylation is 1. The van der Waals surface area contributed by atoms with Gasteiger partial charge < -0.3 is 14.8 Å². The van der Waals surface area contributed by atoms with Crippen molar-refractivity contribution in [3.05, 3.63) is 75.7 Å². The van der Waals surface area contributed by atoms with E-state index in [9.17, 15) is 0 Å². The molecule has 0 saturated carbocycles. The Hall–Kier alpha value is -2.37. The Morgan fingerprint density at radius 2 is 2.00 bits per heavy atom. The standard InChI is InChI=1S/C22H26N2O2S/c1-4-26-22-12-17(6-8-21(22)25-3)14-24-20(11-18-9-10-27-15-18)19-7-5-16(2)13-23-19/h5-10,12-13,15,20,24H,4,11,14H2,1-3H3/t20-/m1/s1. The highest BCUT2D eigenvalue weighted by Crippen LogP contribution is 2.28. The van der Waals surface area contributed by atoms with Gasteiger partial charge in [0.05, 0.1) is 25.5 Å². The van der Waals surface area contributed by atoms with Gasteiger partial charge in [-0.25, -0.2) is 0 Å². The van der Waals surface area contributed by atoms with Crippen molar-refractivity contribution in [2.24, 2.45) is 0 Å². The van der Waals surface area contributed by atoms with E-state index in [1.807, 2.05) is 25.3 Å². The summed E-state index contributed by atoms with van der Waals surface area (Å²) < 4.78 is 11.1. The Bertz CT molecular complexity index is 832. The van der Waals surface area contributed by atoms with Crippen LogP contribution in [0.4, 0.5) is 0 Å². The second-order valence-corrected chi connectivity index (χ2v) is 7.23. The first-order chi connectivity index (χ1) is 13.2. The third kappa shape index (κ3) is 5.31. The molecule has 1 N–H and O–H groups in total. The van der Waals surface area contributed by atoms with Crippen molar-refractivity contribution in [3.8, 4) is 11.5 Å². The predicted octanol–water partition coefficient (Wildman–Crippen LogP) is 4.93. The van der Waals surface area contributed by atoms with E-state index in [4.69, 9.17) is 9.47 Å². The molecule has 27 heavy (non-hydrogen) atoms. The summed E-state index contributed by atoms with van der Waals surface area (Å²) in [5.74, 6) is 1.54. The summed E-state index contributed by atoms with van der Waals surface area (Å²) >= 11 is 1.73. The highest BCUT2D eigenvalue weighted by atomic mass is 32.1. The van der Waals surface area contributed by atoms with Gasteiger partial charge in [0.2, 0.25) is 0 Å². The van der Waals surface area contributed by atoms with Gasteiger partial charge >= 0.3 is 0 Å². The van der Waals surface area contributed by atoms with Crippen LogP contribution in [0.1, 0.15) is 35.3 Å². The fourth-order valence-corrected chi connectivity index (χ4v) is 3.63. The summed E-state index contributed by atoms with van der Waals surface area (Å²) in [6, 6.07) is 12.6. The van der Waals surface area contributed by atoms with Gasteiger partial charge in [0.25, 0.3) is 0 Å². The van der Waals surface area contributed by atoms with E-state index in [0.717, 1.165) is 35.7 Å². The molecule has 0 bridgehead atoms. The predicted molar refractivity (Wildman–Crippen MR) is 111 cm³/mol. The first-order valence-corrected chi connectivity index (χ1v) is 10.1. The Labute approximate surface area is 165 Å². The minimum atomic E-state index is 0.151. The number of nitrogens with zero attached hydrogens (tertiary/aromatic N) is 1. The second-order valence-electron chi connectivity index (χ2n) is 6.45. The summed E-state index contributed by atoms with van der Waals surface area (Å²) in [6.07, 6.45) is 2.84. The third-order valence-corrected chi connectivity index (χ3v) is 5.12. The van der Waals surface area contributed by atoms with Gasteiger partial charge in [-0.1, -0.05) is 12.1 Å². The third-order valence-electron chi connectivity index (χ3n) is 4.39. The number of thiophene rings is 1. The first-order valence-electron chi connectivity index (χ1n) is 9.16. The average Bonchev–Trinajstić information content (AvgIpc) is 3.19. The van der Waals surface area contributed by atoms with E-state index in [2.05, 4.69) is 52.3 Å². The molecule has 0 radical (unpaired) electrons. The Morgan fingerprint density at radius 3 is 2.67 bits per heavy atom. The van der Waals surface area contributed by atoms with E-state index >= 15 is 0 Å². The van der Waals surface area contributed by atoms with E-state index in [0.29, 0.717) is 6.61 Å². The number of methoxy groups -OCH3 is 1. The first kappa shape index (κ1) is 19.4. The van der Waals surface area contributed by atoms with Crippen molar-refractivity contribution < 1.29 is 9.47 Å². The van der Waals surface area contributed by atoms with Crippen LogP contribution in [0.2, 0.25) is 0 Å². The van der Waals surface area contributed by atoms with Crippen LogP contribution in [0.15, 0.2) is 53.4 Å². The van der Waals surface area contributed by atoms with Gasteiger partial charge in [-0.3, -0.25) is 4.98 Å². The highest BCUT2D eigenvalue weighted by Gasteiger charge is 2.14. The van der Waals surface area contributed by atoms with E-state index in [1.165, 1.54) is 11.1 Å². The zero-order valence-corrected chi connectivity index (χ0v) is 16.9. The molecule has 0 amide bonds. The lowest BCUT2D eigenvalue weighted by molar-refractivity contribution is 0.310. The quantitative estimate of drug-likeness (QED) is 0.570. The number of ether oxygens (including phenoxy) is 2. The van der Waals surface area contributed by atoms with E-state index < -0.39 is 0 Å². The fraction of sp³-hybridized carbons (Fsp3) is 0.318. The molecule has 3 aromatic rings. The molecule has 2 heterocycles. The lowest BCUT2D eigenvalue weighted by atomic mass is 10.0. The summed E-state index contributed by atoms with van der Waals surface area (Å²) in [5, 5.41) is 7.98. The second kappa shape index (κ2) is 9.53. The zero-order chi connectivity index (χ0) is 19.1. The van der Waals surface area contributed by atoms with Crippen molar-refractivity contribution in [2.45, 2.75) is 32.9 Å². The van der Waals surface area contributed by atoms with Crippen LogP contribution >= 0.6 is 11.3 Å². The molecular weight excluding hydrogens is 356 g/mol. The maximum Gasteiger partial charge on any atom is 0.161 e. The minimum absolute atomic E-state index is 0.151. The van der Waals surface area contributed by atoms with Gasteiger partial charge in [0.1, 0.15) is 0 Å². The van der Waals surface area contributed by atoms with Crippen LogP contribution in [0.3, 0.4) is 0 Å². The molecule has 1 aromatic carbocycles. The fourth-order valence-electron chi connectivity index (χ4n) is 2.95. The van der Waals surface area contributed by atoms with Crippen molar-refractivity contribution >= 4 is 11.3 Å². The highest BCUT2D eigenvalue weighted by molar-refractivity contribution is 7.07. The molecule has 1 atom stereocenters. The summed E-state index contributed by atoms with van der Waals surface area (Å²) in [4.78, 5) is 4.64. The molecule has 0 aliphatic rings. The average molecular weight is 383 g/mol. The van der Waals surface area contributed by atoms with Gasteiger partial charge in [-0.2, -0.15) is 11.3 Å². The van der Waals surface area contributed by atoms with Crippen molar-refractivity contribution in [1.29, 1.82) is 0 Å². The van der Waals surface area contributed by atoms with Crippen LogP contribution in [-0.2, 0) is 13.0 Å². The van der Waals surface area contributed by atoms with E-state index in [-0.39, 0.29) is 6.04 Å².